The van der Waals surface area contributed by atoms with E-state index in [-0.39, 0.29) is 6.42 Å². The van der Waals surface area contributed by atoms with Gasteiger partial charge in [0.25, 0.3) is 0 Å². The molecule has 1 aliphatic carbocycles. The highest BCUT2D eigenvalue weighted by molar-refractivity contribution is 6.20. The Balaban J connectivity index is 1.22. The number of allylic oxidation sites excluding steroid dienone is 2. The number of furan rings is 2. The Bertz CT molecular complexity index is 2960. The van der Waals surface area contributed by atoms with Crippen LogP contribution >= 0.6 is 0 Å². The van der Waals surface area contributed by atoms with Crippen LogP contribution in [-0.4, -0.2) is 10.2 Å². The molecule has 2 aromatic heterocycles. The molecule has 4 heteroatoms. The zero-order valence-corrected chi connectivity index (χ0v) is 27.6. The fourth-order valence-electron chi connectivity index (χ4n) is 8.24. The first-order chi connectivity index (χ1) is 24.9. The SMILES string of the molecule is C=C1/C=C\C=C/CC(O)(c2ccc3oc4ccc5ccccc5c4c3c2)c2ccccc2C1(O)c1ccc2oc3ccc4ccccc4c3c2c1. The molecule has 1 aliphatic rings. The van der Waals surface area contributed by atoms with Crippen molar-refractivity contribution in [2.75, 3.05) is 0 Å². The molecule has 2 unspecified atom stereocenters. The van der Waals surface area contributed by atoms with Crippen molar-refractivity contribution < 1.29 is 19.0 Å². The Morgan fingerprint density at radius 3 is 1.69 bits per heavy atom. The number of hydrogen-bond acceptors (Lipinski definition) is 4. The summed E-state index contributed by atoms with van der Waals surface area (Å²) < 4.78 is 12.6. The Morgan fingerprint density at radius 1 is 0.510 bits per heavy atom. The summed E-state index contributed by atoms with van der Waals surface area (Å²) >= 11 is 0. The van der Waals surface area contributed by atoms with E-state index in [0.29, 0.717) is 27.8 Å². The van der Waals surface area contributed by atoms with Crippen molar-refractivity contribution in [3.05, 3.63) is 192 Å². The minimum Gasteiger partial charge on any atom is -0.456 e. The molecule has 2 heterocycles. The lowest BCUT2D eigenvalue weighted by Crippen LogP contribution is -2.36. The number of benzene rings is 7. The normalized spacial score (nSPS) is 20.8. The zero-order chi connectivity index (χ0) is 34.3. The number of aliphatic hydroxyl groups is 2. The minimum absolute atomic E-state index is 0.274. The number of fused-ring (bicyclic) bond motifs is 11. The smallest absolute Gasteiger partial charge is 0.140 e. The molecule has 0 bridgehead atoms. The summed E-state index contributed by atoms with van der Waals surface area (Å²) in [6.45, 7) is 4.43. The van der Waals surface area contributed by atoms with Gasteiger partial charge in [0.2, 0.25) is 0 Å². The molecule has 0 saturated carbocycles. The van der Waals surface area contributed by atoms with Crippen LogP contribution in [0.15, 0.2) is 179 Å². The maximum absolute atomic E-state index is 13.2. The van der Waals surface area contributed by atoms with Crippen molar-refractivity contribution in [2.45, 2.75) is 17.6 Å². The maximum atomic E-state index is 13.2. The van der Waals surface area contributed by atoms with E-state index < -0.39 is 11.2 Å². The molecule has 4 nitrogen and oxygen atoms in total. The van der Waals surface area contributed by atoms with E-state index >= 15 is 0 Å². The Labute approximate surface area is 293 Å². The van der Waals surface area contributed by atoms with E-state index in [2.05, 4.69) is 43.0 Å². The fraction of sp³-hybridized carbons (Fsp3) is 0.0638. The average molecular weight is 661 g/mol. The predicted molar refractivity (Wildman–Crippen MR) is 207 cm³/mol. The molecule has 0 radical (unpaired) electrons. The molecule has 51 heavy (non-hydrogen) atoms. The first-order valence-electron chi connectivity index (χ1n) is 17.2. The van der Waals surface area contributed by atoms with Crippen molar-refractivity contribution in [3.63, 3.8) is 0 Å². The summed E-state index contributed by atoms with van der Waals surface area (Å²) in [6, 6.07) is 44.1. The van der Waals surface area contributed by atoms with Crippen LogP contribution in [-0.2, 0) is 11.2 Å². The maximum Gasteiger partial charge on any atom is 0.140 e. The summed E-state index contributed by atoms with van der Waals surface area (Å²) in [7, 11) is 0. The minimum atomic E-state index is -1.70. The second-order valence-electron chi connectivity index (χ2n) is 13.6. The van der Waals surface area contributed by atoms with Crippen LogP contribution < -0.4 is 0 Å². The van der Waals surface area contributed by atoms with Gasteiger partial charge in [0.1, 0.15) is 33.5 Å². The monoisotopic (exact) mass is 660 g/mol. The van der Waals surface area contributed by atoms with Crippen molar-refractivity contribution in [2.24, 2.45) is 0 Å². The summed E-state index contributed by atoms with van der Waals surface area (Å²) in [5.74, 6) is 0. The fourth-order valence-corrected chi connectivity index (χ4v) is 8.24. The molecule has 2 N–H and O–H groups in total. The van der Waals surface area contributed by atoms with E-state index in [1.54, 1.807) is 0 Å². The standard InChI is InChI=1S/C47H32O4/c1-29-11-3-2-10-26-46(48,32-20-24-40-36(27-32)44-34-14-6-4-12-30(34)18-22-42(44)50-40)38-16-8-9-17-39(38)47(29,49)33-21-25-41-37(28-33)45-35-15-7-5-13-31(35)19-23-43(45)51-41/h2-25,27-28,48-49H,1,26H2/b10-2-,11-3-. The molecule has 0 amide bonds. The van der Waals surface area contributed by atoms with Crippen molar-refractivity contribution in [1.82, 2.24) is 0 Å². The lowest BCUT2D eigenvalue weighted by Gasteiger charge is -2.38. The molecular weight excluding hydrogens is 629 g/mol. The molecule has 10 rings (SSSR count). The van der Waals surface area contributed by atoms with Gasteiger partial charge in [-0.15, -0.1) is 0 Å². The van der Waals surface area contributed by atoms with Crippen LogP contribution in [0.3, 0.4) is 0 Å². The lowest BCUT2D eigenvalue weighted by molar-refractivity contribution is 0.0719. The van der Waals surface area contributed by atoms with Gasteiger partial charge in [0, 0.05) is 28.0 Å². The van der Waals surface area contributed by atoms with Crippen LogP contribution in [0.25, 0.3) is 65.4 Å². The second kappa shape index (κ2) is 10.9. The topological polar surface area (TPSA) is 66.7 Å². The summed E-state index contributed by atoms with van der Waals surface area (Å²) in [5, 5.41) is 34.6. The van der Waals surface area contributed by atoms with Crippen molar-refractivity contribution >= 4 is 65.4 Å². The van der Waals surface area contributed by atoms with E-state index in [4.69, 9.17) is 8.83 Å². The van der Waals surface area contributed by atoms with Gasteiger partial charge < -0.3 is 19.0 Å². The highest BCUT2D eigenvalue weighted by Crippen LogP contribution is 2.47. The molecule has 244 valence electrons. The molecule has 0 fully saturated rings. The highest BCUT2D eigenvalue weighted by atomic mass is 16.3. The molecule has 0 saturated heterocycles. The van der Waals surface area contributed by atoms with E-state index in [0.717, 1.165) is 65.4 Å². The van der Waals surface area contributed by atoms with Gasteiger partial charge >= 0.3 is 0 Å². The first kappa shape index (κ1) is 29.7. The van der Waals surface area contributed by atoms with Crippen LogP contribution in [0.5, 0.6) is 0 Å². The Hall–Kier alpha value is -6.20. The second-order valence-corrected chi connectivity index (χ2v) is 13.6. The van der Waals surface area contributed by atoms with E-state index in [1.165, 1.54) is 0 Å². The summed E-state index contributed by atoms with van der Waals surface area (Å²) in [4.78, 5) is 0. The molecular formula is C47H32O4. The van der Waals surface area contributed by atoms with Crippen LogP contribution in [0.1, 0.15) is 28.7 Å². The molecule has 2 atom stereocenters. The van der Waals surface area contributed by atoms with Crippen LogP contribution in [0.2, 0.25) is 0 Å². The van der Waals surface area contributed by atoms with Gasteiger partial charge in [0.15, 0.2) is 0 Å². The Kier molecular flexibility index (Phi) is 6.35. The van der Waals surface area contributed by atoms with E-state index in [1.807, 2.05) is 121 Å². The van der Waals surface area contributed by atoms with Gasteiger partial charge in [0.05, 0.1) is 0 Å². The third kappa shape index (κ3) is 4.27. The Morgan fingerprint density at radius 2 is 1.04 bits per heavy atom. The van der Waals surface area contributed by atoms with Gasteiger partial charge in [-0.1, -0.05) is 128 Å². The number of hydrogen-bond donors (Lipinski definition) is 2. The van der Waals surface area contributed by atoms with Gasteiger partial charge in [-0.05, 0) is 85.8 Å². The van der Waals surface area contributed by atoms with Gasteiger partial charge in [-0.2, -0.15) is 0 Å². The average Bonchev–Trinajstić information content (AvgIpc) is 3.75. The molecule has 7 aromatic carbocycles. The molecule has 0 aliphatic heterocycles. The summed E-state index contributed by atoms with van der Waals surface area (Å²) in [6.07, 6.45) is 7.87. The quantitative estimate of drug-likeness (QED) is 0.194. The summed E-state index contributed by atoms with van der Waals surface area (Å²) in [5.41, 5.74) is 2.79. The first-order valence-corrected chi connectivity index (χ1v) is 17.2. The van der Waals surface area contributed by atoms with Crippen LogP contribution in [0, 0.1) is 0 Å². The van der Waals surface area contributed by atoms with Crippen LogP contribution in [0.4, 0.5) is 0 Å². The van der Waals surface area contributed by atoms with Gasteiger partial charge in [-0.3, -0.25) is 0 Å². The van der Waals surface area contributed by atoms with Crippen molar-refractivity contribution in [3.8, 4) is 0 Å². The van der Waals surface area contributed by atoms with Crippen molar-refractivity contribution in [1.29, 1.82) is 0 Å². The third-order valence-corrected chi connectivity index (χ3v) is 10.8. The number of rotatable bonds is 2. The third-order valence-electron chi connectivity index (χ3n) is 10.8. The highest BCUT2D eigenvalue weighted by Gasteiger charge is 2.42. The largest absolute Gasteiger partial charge is 0.456 e. The molecule has 9 aromatic rings. The lowest BCUT2D eigenvalue weighted by atomic mass is 9.72. The zero-order valence-electron chi connectivity index (χ0n) is 27.6. The van der Waals surface area contributed by atoms with E-state index in [9.17, 15) is 10.2 Å². The molecule has 0 spiro atoms. The van der Waals surface area contributed by atoms with Gasteiger partial charge in [-0.25, -0.2) is 0 Å². The predicted octanol–water partition coefficient (Wildman–Crippen LogP) is 11.3.